The first-order valence-electron chi connectivity index (χ1n) is 7.21. The minimum Gasteiger partial charge on any atom is -0.396 e. The van der Waals surface area contributed by atoms with Crippen molar-refractivity contribution in [1.82, 2.24) is 9.97 Å². The van der Waals surface area contributed by atoms with Crippen LogP contribution in [0.1, 0.15) is 26.7 Å². The number of hydrogen-bond acceptors (Lipinski definition) is 5. The van der Waals surface area contributed by atoms with Crippen LogP contribution in [0.5, 0.6) is 0 Å². The Morgan fingerprint density at radius 2 is 1.95 bits per heavy atom. The summed E-state index contributed by atoms with van der Waals surface area (Å²) >= 11 is 0. The molecular formula is C14H24N4O. The van der Waals surface area contributed by atoms with E-state index in [2.05, 4.69) is 39.7 Å². The van der Waals surface area contributed by atoms with E-state index in [1.165, 1.54) is 0 Å². The summed E-state index contributed by atoms with van der Waals surface area (Å²) in [5, 5.41) is 9.18. The summed E-state index contributed by atoms with van der Waals surface area (Å²) in [6.45, 7) is 8.44. The fourth-order valence-electron chi connectivity index (χ4n) is 2.58. The highest BCUT2D eigenvalue weighted by molar-refractivity contribution is 5.50. The summed E-state index contributed by atoms with van der Waals surface area (Å²) in [7, 11) is 0. The highest BCUT2D eigenvalue weighted by Gasteiger charge is 2.20. The Hall–Kier alpha value is -1.36. The Kier molecular flexibility index (Phi) is 4.96. The predicted octanol–water partition coefficient (Wildman–Crippen LogP) is 1.53. The smallest absolute Gasteiger partial charge is 0.134 e. The summed E-state index contributed by atoms with van der Waals surface area (Å²) in [5.74, 6) is 2.47. The second-order valence-electron chi connectivity index (χ2n) is 5.02. The molecule has 0 radical (unpaired) electrons. The molecule has 0 aliphatic carbocycles. The van der Waals surface area contributed by atoms with Crippen molar-refractivity contribution in [3.8, 4) is 0 Å². The average molecular weight is 264 g/mol. The molecule has 5 nitrogen and oxygen atoms in total. The second-order valence-corrected chi connectivity index (χ2v) is 5.02. The zero-order valence-corrected chi connectivity index (χ0v) is 11.9. The molecule has 1 aliphatic rings. The van der Waals surface area contributed by atoms with E-state index in [0.29, 0.717) is 12.5 Å². The molecule has 1 aliphatic heterocycles. The highest BCUT2D eigenvalue weighted by atomic mass is 16.3. The monoisotopic (exact) mass is 264 g/mol. The first-order valence-corrected chi connectivity index (χ1v) is 7.21. The van der Waals surface area contributed by atoms with Crippen molar-refractivity contribution < 1.29 is 5.11 Å². The van der Waals surface area contributed by atoms with Gasteiger partial charge in [0.05, 0.1) is 0 Å². The fourth-order valence-corrected chi connectivity index (χ4v) is 2.58. The molecule has 1 saturated heterocycles. The van der Waals surface area contributed by atoms with Gasteiger partial charge in [-0.05, 0) is 32.6 Å². The van der Waals surface area contributed by atoms with Gasteiger partial charge in [0.25, 0.3) is 0 Å². The predicted molar refractivity (Wildman–Crippen MR) is 77.6 cm³/mol. The van der Waals surface area contributed by atoms with Crippen LogP contribution >= 0.6 is 0 Å². The van der Waals surface area contributed by atoms with Gasteiger partial charge in [-0.15, -0.1) is 0 Å². The standard InChI is InChI=1S/C14H24N4O/c1-3-17(4-2)13-9-14(16-11-15-13)18-7-5-12(10-19)6-8-18/h9,11-12,19H,3-8,10H2,1-2H3. The molecule has 1 N–H and O–H groups in total. The van der Waals surface area contributed by atoms with Gasteiger partial charge in [-0.2, -0.15) is 0 Å². The Balaban J connectivity index is 2.07. The number of piperidine rings is 1. The van der Waals surface area contributed by atoms with Crippen molar-refractivity contribution in [2.24, 2.45) is 5.92 Å². The molecule has 1 fully saturated rings. The van der Waals surface area contributed by atoms with E-state index in [4.69, 9.17) is 0 Å². The number of rotatable bonds is 5. The topological polar surface area (TPSA) is 52.5 Å². The van der Waals surface area contributed by atoms with E-state index in [-0.39, 0.29) is 0 Å². The van der Waals surface area contributed by atoms with Crippen molar-refractivity contribution in [1.29, 1.82) is 0 Å². The molecular weight excluding hydrogens is 240 g/mol. The van der Waals surface area contributed by atoms with E-state index >= 15 is 0 Å². The van der Waals surface area contributed by atoms with Gasteiger partial charge in [-0.25, -0.2) is 9.97 Å². The minimum absolute atomic E-state index is 0.308. The fraction of sp³-hybridized carbons (Fsp3) is 0.714. The van der Waals surface area contributed by atoms with E-state index in [1.807, 2.05) is 0 Å². The summed E-state index contributed by atoms with van der Waals surface area (Å²) < 4.78 is 0. The lowest BCUT2D eigenvalue weighted by molar-refractivity contribution is 0.203. The maximum Gasteiger partial charge on any atom is 0.134 e. The highest BCUT2D eigenvalue weighted by Crippen LogP contribution is 2.23. The number of aromatic nitrogens is 2. The largest absolute Gasteiger partial charge is 0.396 e. The first-order chi connectivity index (χ1) is 9.28. The lowest BCUT2D eigenvalue weighted by Gasteiger charge is -2.32. The first kappa shape index (κ1) is 14.1. The van der Waals surface area contributed by atoms with E-state index in [9.17, 15) is 5.11 Å². The second kappa shape index (κ2) is 6.70. The van der Waals surface area contributed by atoms with E-state index in [1.54, 1.807) is 6.33 Å². The molecule has 0 saturated carbocycles. The molecule has 0 bridgehead atoms. The molecule has 0 spiro atoms. The van der Waals surface area contributed by atoms with Gasteiger partial charge in [0.15, 0.2) is 0 Å². The van der Waals surface area contributed by atoms with Gasteiger partial charge in [0.1, 0.15) is 18.0 Å². The van der Waals surface area contributed by atoms with Gasteiger partial charge in [0.2, 0.25) is 0 Å². The Morgan fingerprint density at radius 1 is 1.26 bits per heavy atom. The third-order valence-electron chi connectivity index (χ3n) is 3.92. The van der Waals surface area contributed by atoms with Crippen molar-refractivity contribution in [2.75, 3.05) is 42.6 Å². The van der Waals surface area contributed by atoms with Crippen LogP contribution in [0.3, 0.4) is 0 Å². The summed E-state index contributed by atoms with van der Waals surface area (Å²) in [6, 6.07) is 2.08. The molecule has 0 atom stereocenters. The van der Waals surface area contributed by atoms with Crippen LogP contribution in [-0.2, 0) is 0 Å². The van der Waals surface area contributed by atoms with Crippen molar-refractivity contribution >= 4 is 11.6 Å². The number of aliphatic hydroxyl groups is 1. The summed E-state index contributed by atoms with van der Waals surface area (Å²) in [5.41, 5.74) is 0. The van der Waals surface area contributed by atoms with Crippen LogP contribution in [0.4, 0.5) is 11.6 Å². The molecule has 1 aromatic heterocycles. The number of aliphatic hydroxyl groups excluding tert-OH is 1. The van der Waals surface area contributed by atoms with Crippen molar-refractivity contribution in [3.05, 3.63) is 12.4 Å². The molecule has 19 heavy (non-hydrogen) atoms. The third kappa shape index (κ3) is 3.35. The van der Waals surface area contributed by atoms with Crippen LogP contribution in [-0.4, -0.2) is 47.9 Å². The van der Waals surface area contributed by atoms with Gasteiger partial charge >= 0.3 is 0 Å². The number of hydrogen-bond donors (Lipinski definition) is 1. The maximum absolute atomic E-state index is 9.18. The lowest BCUT2D eigenvalue weighted by atomic mass is 9.98. The molecule has 0 amide bonds. The average Bonchev–Trinajstić information content (AvgIpc) is 2.49. The summed E-state index contributed by atoms with van der Waals surface area (Å²) in [4.78, 5) is 13.3. The Bertz CT molecular complexity index is 387. The normalized spacial score (nSPS) is 16.7. The molecule has 2 heterocycles. The lowest BCUT2D eigenvalue weighted by Crippen LogP contribution is -2.35. The Labute approximate surface area is 115 Å². The van der Waals surface area contributed by atoms with Gasteiger partial charge in [-0.3, -0.25) is 0 Å². The molecule has 5 heteroatoms. The number of nitrogens with zero attached hydrogens (tertiary/aromatic N) is 4. The number of anilines is 2. The molecule has 106 valence electrons. The van der Waals surface area contributed by atoms with Crippen LogP contribution < -0.4 is 9.80 Å². The van der Waals surface area contributed by atoms with Crippen molar-refractivity contribution in [3.63, 3.8) is 0 Å². The third-order valence-corrected chi connectivity index (χ3v) is 3.92. The van der Waals surface area contributed by atoms with E-state index in [0.717, 1.165) is 50.7 Å². The SMILES string of the molecule is CCN(CC)c1cc(N2CCC(CO)CC2)ncn1. The molecule has 2 rings (SSSR count). The Morgan fingerprint density at radius 3 is 2.53 bits per heavy atom. The quantitative estimate of drug-likeness (QED) is 0.874. The zero-order chi connectivity index (χ0) is 13.7. The van der Waals surface area contributed by atoms with Gasteiger partial charge in [0, 0.05) is 38.9 Å². The molecule has 0 aromatic carbocycles. The minimum atomic E-state index is 0.308. The van der Waals surface area contributed by atoms with Gasteiger partial charge in [-0.1, -0.05) is 0 Å². The van der Waals surface area contributed by atoms with Crippen LogP contribution in [0.2, 0.25) is 0 Å². The van der Waals surface area contributed by atoms with Gasteiger partial charge < -0.3 is 14.9 Å². The van der Waals surface area contributed by atoms with Crippen LogP contribution in [0, 0.1) is 5.92 Å². The van der Waals surface area contributed by atoms with Crippen LogP contribution in [0.15, 0.2) is 12.4 Å². The van der Waals surface area contributed by atoms with Crippen molar-refractivity contribution in [2.45, 2.75) is 26.7 Å². The molecule has 1 aromatic rings. The maximum atomic E-state index is 9.18. The molecule has 0 unspecified atom stereocenters. The van der Waals surface area contributed by atoms with E-state index < -0.39 is 0 Å². The van der Waals surface area contributed by atoms with Crippen LogP contribution in [0.25, 0.3) is 0 Å². The summed E-state index contributed by atoms with van der Waals surface area (Å²) in [6.07, 6.45) is 3.74. The zero-order valence-electron chi connectivity index (χ0n) is 11.9.